The summed E-state index contributed by atoms with van der Waals surface area (Å²) in [6.45, 7) is 0. The molecule has 0 radical (unpaired) electrons. The molecule has 0 saturated carbocycles. The number of hydrogen-bond donors (Lipinski definition) is 4. The largest absolute Gasteiger partial charge is 0.393 e. The van der Waals surface area contributed by atoms with Gasteiger partial charge in [-0.05, 0) is 28.1 Å². The van der Waals surface area contributed by atoms with Crippen LogP contribution >= 0.6 is 15.9 Å². The van der Waals surface area contributed by atoms with Gasteiger partial charge in [-0.25, -0.2) is 9.97 Å². The number of rotatable bonds is 3. The first kappa shape index (κ1) is 13.1. The lowest BCUT2D eigenvalue weighted by molar-refractivity contribution is 0.0962. The summed E-state index contributed by atoms with van der Waals surface area (Å²) in [6, 6.07) is 7.03. The van der Waals surface area contributed by atoms with E-state index in [1.165, 1.54) is 6.33 Å². The molecular formula is C11H11BrN6O. The number of benzene rings is 1. The van der Waals surface area contributed by atoms with Crippen LogP contribution in [-0.2, 0) is 0 Å². The summed E-state index contributed by atoms with van der Waals surface area (Å²) in [5.41, 5.74) is 16.9. The van der Waals surface area contributed by atoms with E-state index in [1.807, 2.05) is 6.07 Å². The number of nitrogens with one attached hydrogen (secondary N) is 2. The third-order valence-electron chi connectivity index (χ3n) is 2.33. The number of halogens is 1. The van der Waals surface area contributed by atoms with Gasteiger partial charge >= 0.3 is 0 Å². The third-order valence-corrected chi connectivity index (χ3v) is 3.02. The maximum absolute atomic E-state index is 11.9. The second kappa shape index (κ2) is 5.53. The first-order valence-electron chi connectivity index (χ1n) is 5.26. The number of anilines is 3. The number of nitrogens with zero attached hydrogens (tertiary/aromatic N) is 2. The van der Waals surface area contributed by atoms with Crippen molar-refractivity contribution in [1.82, 2.24) is 15.4 Å². The first-order chi connectivity index (χ1) is 9.09. The molecule has 1 heterocycles. The molecule has 0 aliphatic rings. The van der Waals surface area contributed by atoms with Gasteiger partial charge in [-0.2, -0.15) is 0 Å². The van der Waals surface area contributed by atoms with E-state index in [0.717, 1.165) is 0 Å². The number of carbonyl (C=O) groups is 1. The van der Waals surface area contributed by atoms with E-state index in [0.29, 0.717) is 10.0 Å². The van der Waals surface area contributed by atoms with Crippen LogP contribution in [0, 0.1) is 0 Å². The summed E-state index contributed by atoms with van der Waals surface area (Å²) >= 11 is 3.29. The first-order valence-corrected chi connectivity index (χ1v) is 6.05. The van der Waals surface area contributed by atoms with Crippen molar-refractivity contribution < 1.29 is 4.79 Å². The molecule has 1 aromatic carbocycles. The smallest absolute Gasteiger partial charge is 0.270 e. The van der Waals surface area contributed by atoms with Gasteiger partial charge in [0.15, 0.2) is 11.6 Å². The number of hydrogen-bond acceptors (Lipinski definition) is 6. The highest BCUT2D eigenvalue weighted by molar-refractivity contribution is 9.10. The molecule has 0 aliphatic carbocycles. The van der Waals surface area contributed by atoms with Gasteiger partial charge < -0.3 is 11.5 Å². The molecule has 0 spiro atoms. The van der Waals surface area contributed by atoms with Gasteiger partial charge in [0.25, 0.3) is 5.91 Å². The molecule has 8 heteroatoms. The Morgan fingerprint density at radius 3 is 2.68 bits per heavy atom. The van der Waals surface area contributed by atoms with E-state index in [2.05, 4.69) is 36.7 Å². The highest BCUT2D eigenvalue weighted by Crippen LogP contribution is 2.19. The lowest BCUT2D eigenvalue weighted by Gasteiger charge is -2.10. The molecular weight excluding hydrogens is 312 g/mol. The number of aromatic nitrogens is 2. The molecule has 2 rings (SSSR count). The van der Waals surface area contributed by atoms with Crippen LogP contribution in [-0.4, -0.2) is 15.9 Å². The Morgan fingerprint density at radius 2 is 1.95 bits per heavy atom. The monoisotopic (exact) mass is 322 g/mol. The highest BCUT2D eigenvalue weighted by Gasteiger charge is 2.10. The highest BCUT2D eigenvalue weighted by atomic mass is 79.9. The predicted molar refractivity (Wildman–Crippen MR) is 76.1 cm³/mol. The van der Waals surface area contributed by atoms with Crippen LogP contribution in [0.3, 0.4) is 0 Å². The van der Waals surface area contributed by atoms with Crippen LogP contribution in [0.1, 0.15) is 10.4 Å². The zero-order valence-electron chi connectivity index (χ0n) is 9.72. The van der Waals surface area contributed by atoms with Crippen molar-refractivity contribution in [3.8, 4) is 0 Å². The predicted octanol–water partition coefficient (Wildman–Crippen LogP) is 1.16. The number of nitrogen functional groups attached to an aromatic ring is 2. The van der Waals surface area contributed by atoms with E-state index >= 15 is 0 Å². The molecule has 0 atom stereocenters. The van der Waals surface area contributed by atoms with Crippen LogP contribution in [0.2, 0.25) is 0 Å². The van der Waals surface area contributed by atoms with Gasteiger partial charge in [0.1, 0.15) is 12.0 Å². The van der Waals surface area contributed by atoms with Crippen LogP contribution in [0.15, 0.2) is 35.1 Å². The minimum atomic E-state index is -0.330. The molecule has 0 bridgehead atoms. The van der Waals surface area contributed by atoms with Gasteiger partial charge in [0.05, 0.1) is 5.56 Å². The topological polar surface area (TPSA) is 119 Å². The van der Waals surface area contributed by atoms with Crippen LogP contribution in [0.25, 0.3) is 0 Å². The number of carbonyl (C=O) groups excluding carboxylic acids is 1. The van der Waals surface area contributed by atoms with Crippen molar-refractivity contribution in [2.75, 3.05) is 16.9 Å². The normalized spacial score (nSPS) is 9.95. The molecule has 0 unspecified atom stereocenters. The van der Waals surface area contributed by atoms with Gasteiger partial charge in [-0.15, -0.1) is 0 Å². The van der Waals surface area contributed by atoms with E-state index in [-0.39, 0.29) is 23.2 Å². The van der Waals surface area contributed by atoms with Gasteiger partial charge in [0, 0.05) is 4.47 Å². The minimum Gasteiger partial charge on any atom is -0.393 e. The Hall–Kier alpha value is -2.35. The van der Waals surface area contributed by atoms with Crippen molar-refractivity contribution in [2.24, 2.45) is 0 Å². The van der Waals surface area contributed by atoms with Gasteiger partial charge in [0.2, 0.25) is 0 Å². The SMILES string of the molecule is Nc1ncnc(NNC(=O)c2ccccc2Br)c1N. The Kier molecular flexibility index (Phi) is 3.81. The number of nitrogens with two attached hydrogens (primary N) is 2. The molecule has 0 saturated heterocycles. The molecule has 0 fully saturated rings. The van der Waals surface area contributed by atoms with Crippen LogP contribution in [0.4, 0.5) is 17.3 Å². The molecule has 6 N–H and O–H groups in total. The summed E-state index contributed by atoms with van der Waals surface area (Å²) in [7, 11) is 0. The van der Waals surface area contributed by atoms with Gasteiger partial charge in [-0.3, -0.25) is 15.6 Å². The lowest BCUT2D eigenvalue weighted by atomic mass is 10.2. The van der Waals surface area contributed by atoms with Crippen molar-refractivity contribution >= 4 is 39.2 Å². The fourth-order valence-corrected chi connectivity index (χ4v) is 1.80. The standard InChI is InChI=1S/C11H11BrN6O/c12-7-4-2-1-3-6(7)11(19)18-17-10-8(13)9(14)15-5-16-10/h1-5H,13H2,(H,18,19)(H3,14,15,16,17). The Morgan fingerprint density at radius 1 is 1.21 bits per heavy atom. The molecule has 1 amide bonds. The number of amides is 1. The summed E-state index contributed by atoms with van der Waals surface area (Å²) < 4.78 is 0.685. The van der Waals surface area contributed by atoms with Crippen molar-refractivity contribution in [2.45, 2.75) is 0 Å². The fourth-order valence-electron chi connectivity index (χ4n) is 1.34. The van der Waals surface area contributed by atoms with Crippen LogP contribution in [0.5, 0.6) is 0 Å². The van der Waals surface area contributed by atoms with E-state index < -0.39 is 0 Å². The zero-order valence-corrected chi connectivity index (χ0v) is 11.3. The minimum absolute atomic E-state index is 0.146. The zero-order chi connectivity index (χ0) is 13.8. The average molecular weight is 323 g/mol. The van der Waals surface area contributed by atoms with Crippen molar-refractivity contribution in [1.29, 1.82) is 0 Å². The van der Waals surface area contributed by atoms with E-state index in [4.69, 9.17) is 11.5 Å². The summed E-state index contributed by atoms with van der Waals surface area (Å²) in [6.07, 6.45) is 1.25. The van der Waals surface area contributed by atoms with Gasteiger partial charge in [-0.1, -0.05) is 12.1 Å². The summed E-state index contributed by atoms with van der Waals surface area (Å²) in [5, 5.41) is 0. The van der Waals surface area contributed by atoms with E-state index in [9.17, 15) is 4.79 Å². The third kappa shape index (κ3) is 2.91. The molecule has 1 aromatic heterocycles. The average Bonchev–Trinajstić information content (AvgIpc) is 2.40. The molecule has 7 nitrogen and oxygen atoms in total. The van der Waals surface area contributed by atoms with Crippen molar-refractivity contribution in [3.63, 3.8) is 0 Å². The second-order valence-electron chi connectivity index (χ2n) is 3.58. The molecule has 0 aliphatic heterocycles. The maximum Gasteiger partial charge on any atom is 0.270 e. The Balaban J connectivity index is 2.09. The summed E-state index contributed by atoms with van der Waals surface area (Å²) in [4.78, 5) is 19.5. The Bertz CT molecular complexity index is 618. The van der Waals surface area contributed by atoms with E-state index in [1.54, 1.807) is 18.2 Å². The lowest BCUT2D eigenvalue weighted by Crippen LogP contribution is -2.30. The quantitative estimate of drug-likeness (QED) is 0.629. The molecule has 98 valence electrons. The Labute approximate surface area is 117 Å². The second-order valence-corrected chi connectivity index (χ2v) is 4.43. The number of hydrazine groups is 1. The maximum atomic E-state index is 11.9. The summed E-state index contributed by atoms with van der Waals surface area (Å²) in [5.74, 6) is 0.0598. The van der Waals surface area contributed by atoms with Crippen LogP contribution < -0.4 is 22.3 Å². The molecule has 19 heavy (non-hydrogen) atoms. The fraction of sp³-hybridized carbons (Fsp3) is 0. The van der Waals surface area contributed by atoms with Crippen molar-refractivity contribution in [3.05, 3.63) is 40.6 Å². The molecule has 2 aromatic rings.